The molecule has 1 rings (SSSR count). The van der Waals surface area contributed by atoms with Crippen LogP contribution in [0.15, 0.2) is 0 Å². The Kier molecular flexibility index (Phi) is 8.02. The lowest BCUT2D eigenvalue weighted by atomic mass is 9.90. The standard InChI is InChI=1S/C14H28N2O3/c1-3-4-5-12-8-13(15-6-7-17)10-16(9-12)11-14(18)19-2/h12-13,15,17H,3-11H2,1-2H3. The molecule has 0 aromatic heterocycles. The van der Waals surface area contributed by atoms with Crippen LogP contribution < -0.4 is 5.32 Å². The minimum absolute atomic E-state index is 0.160. The Bertz CT molecular complexity index is 245. The maximum Gasteiger partial charge on any atom is 0.319 e. The van der Waals surface area contributed by atoms with E-state index >= 15 is 0 Å². The van der Waals surface area contributed by atoms with Crippen molar-refractivity contribution in [3.63, 3.8) is 0 Å². The maximum atomic E-state index is 11.4. The molecule has 112 valence electrons. The molecule has 5 heteroatoms. The van der Waals surface area contributed by atoms with Crippen molar-refractivity contribution in [2.45, 2.75) is 38.6 Å². The molecule has 1 heterocycles. The van der Waals surface area contributed by atoms with Gasteiger partial charge in [0.2, 0.25) is 0 Å². The molecule has 0 spiro atoms. The average molecular weight is 272 g/mol. The number of methoxy groups -OCH3 is 1. The summed E-state index contributed by atoms with van der Waals surface area (Å²) in [4.78, 5) is 13.6. The van der Waals surface area contributed by atoms with Crippen LogP contribution in [0.1, 0.15) is 32.6 Å². The molecule has 1 aliphatic rings. The van der Waals surface area contributed by atoms with Gasteiger partial charge in [0.25, 0.3) is 0 Å². The second-order valence-corrected chi connectivity index (χ2v) is 5.39. The van der Waals surface area contributed by atoms with E-state index in [4.69, 9.17) is 9.84 Å². The van der Waals surface area contributed by atoms with Gasteiger partial charge in [0.15, 0.2) is 0 Å². The highest BCUT2D eigenvalue weighted by Gasteiger charge is 2.27. The van der Waals surface area contributed by atoms with E-state index in [-0.39, 0.29) is 12.6 Å². The van der Waals surface area contributed by atoms with Gasteiger partial charge in [-0.3, -0.25) is 9.69 Å². The zero-order chi connectivity index (χ0) is 14.1. The highest BCUT2D eigenvalue weighted by atomic mass is 16.5. The average Bonchev–Trinajstić information content (AvgIpc) is 2.42. The predicted octanol–water partition coefficient (Wildman–Crippen LogP) is 0.622. The van der Waals surface area contributed by atoms with Gasteiger partial charge in [-0.1, -0.05) is 19.8 Å². The molecule has 0 aliphatic carbocycles. The molecule has 0 saturated carbocycles. The van der Waals surface area contributed by atoms with Gasteiger partial charge in [0, 0.05) is 25.7 Å². The Morgan fingerprint density at radius 1 is 1.47 bits per heavy atom. The number of hydrogen-bond acceptors (Lipinski definition) is 5. The van der Waals surface area contributed by atoms with Gasteiger partial charge in [-0.25, -0.2) is 0 Å². The third kappa shape index (κ3) is 6.36. The van der Waals surface area contributed by atoms with Crippen LogP contribution in [0.5, 0.6) is 0 Å². The minimum Gasteiger partial charge on any atom is -0.468 e. The van der Waals surface area contributed by atoms with Crippen LogP contribution >= 0.6 is 0 Å². The highest BCUT2D eigenvalue weighted by molar-refractivity contribution is 5.71. The van der Waals surface area contributed by atoms with E-state index in [1.54, 1.807) is 0 Å². The van der Waals surface area contributed by atoms with E-state index in [0.717, 1.165) is 19.5 Å². The van der Waals surface area contributed by atoms with Gasteiger partial charge in [-0.05, 0) is 18.8 Å². The molecular weight excluding hydrogens is 244 g/mol. The number of aliphatic hydroxyl groups excluding tert-OH is 1. The molecule has 19 heavy (non-hydrogen) atoms. The SMILES string of the molecule is CCCCC1CC(NCCO)CN(CC(=O)OC)C1. The first-order chi connectivity index (χ1) is 9.19. The molecule has 5 nitrogen and oxygen atoms in total. The number of nitrogens with zero attached hydrogens (tertiary/aromatic N) is 1. The van der Waals surface area contributed by atoms with Gasteiger partial charge >= 0.3 is 5.97 Å². The normalized spacial score (nSPS) is 24.4. The van der Waals surface area contributed by atoms with E-state index in [2.05, 4.69) is 17.1 Å². The lowest BCUT2D eigenvalue weighted by molar-refractivity contribution is -0.142. The molecule has 2 unspecified atom stereocenters. The number of esters is 1. The number of aliphatic hydroxyl groups is 1. The van der Waals surface area contributed by atoms with Crippen LogP contribution in [-0.4, -0.2) is 61.9 Å². The van der Waals surface area contributed by atoms with Gasteiger partial charge < -0.3 is 15.2 Å². The van der Waals surface area contributed by atoms with Crippen molar-refractivity contribution in [2.75, 3.05) is 39.9 Å². The summed E-state index contributed by atoms with van der Waals surface area (Å²) in [5.74, 6) is 0.464. The van der Waals surface area contributed by atoms with E-state index in [9.17, 15) is 4.79 Å². The van der Waals surface area contributed by atoms with Crippen molar-refractivity contribution >= 4 is 5.97 Å². The largest absolute Gasteiger partial charge is 0.468 e. The van der Waals surface area contributed by atoms with Gasteiger partial charge in [-0.2, -0.15) is 0 Å². The fourth-order valence-corrected chi connectivity index (χ4v) is 2.80. The number of likely N-dealkylation sites (tertiary alicyclic amines) is 1. The fourth-order valence-electron chi connectivity index (χ4n) is 2.80. The van der Waals surface area contributed by atoms with Crippen LogP contribution in [0.4, 0.5) is 0 Å². The Morgan fingerprint density at radius 2 is 2.26 bits per heavy atom. The van der Waals surface area contributed by atoms with E-state index in [1.165, 1.54) is 26.4 Å². The third-order valence-corrected chi connectivity index (χ3v) is 3.70. The quantitative estimate of drug-likeness (QED) is 0.634. The lowest BCUT2D eigenvalue weighted by Crippen LogP contribution is -2.51. The summed E-state index contributed by atoms with van der Waals surface area (Å²) < 4.78 is 4.74. The zero-order valence-electron chi connectivity index (χ0n) is 12.2. The summed E-state index contributed by atoms with van der Waals surface area (Å²) in [6.45, 7) is 5.20. The molecule has 0 aromatic rings. The van der Waals surface area contributed by atoms with Crippen molar-refractivity contribution in [3.8, 4) is 0 Å². The van der Waals surface area contributed by atoms with Gasteiger partial charge in [0.1, 0.15) is 0 Å². The smallest absolute Gasteiger partial charge is 0.319 e. The number of ether oxygens (including phenoxy) is 1. The molecule has 0 bridgehead atoms. The number of nitrogens with one attached hydrogen (secondary N) is 1. The number of carbonyl (C=O) groups is 1. The van der Waals surface area contributed by atoms with E-state index in [0.29, 0.717) is 25.0 Å². The first-order valence-corrected chi connectivity index (χ1v) is 7.33. The molecule has 0 aromatic carbocycles. The Hall–Kier alpha value is -0.650. The summed E-state index contributed by atoms with van der Waals surface area (Å²) in [7, 11) is 1.43. The van der Waals surface area contributed by atoms with Crippen molar-refractivity contribution in [1.82, 2.24) is 10.2 Å². The first-order valence-electron chi connectivity index (χ1n) is 7.33. The summed E-state index contributed by atoms with van der Waals surface area (Å²) in [6.07, 6.45) is 4.80. The van der Waals surface area contributed by atoms with Gasteiger partial charge in [-0.15, -0.1) is 0 Å². The summed E-state index contributed by atoms with van der Waals surface area (Å²) >= 11 is 0. The third-order valence-electron chi connectivity index (χ3n) is 3.70. The Morgan fingerprint density at radius 3 is 2.89 bits per heavy atom. The van der Waals surface area contributed by atoms with Gasteiger partial charge in [0.05, 0.1) is 20.3 Å². The summed E-state index contributed by atoms with van der Waals surface area (Å²) in [6, 6.07) is 0.368. The Labute approximate surface area is 116 Å². The van der Waals surface area contributed by atoms with Crippen LogP contribution in [0.2, 0.25) is 0 Å². The Balaban J connectivity index is 2.47. The number of unbranched alkanes of at least 4 members (excludes halogenated alkanes) is 1. The second kappa shape index (κ2) is 9.28. The maximum absolute atomic E-state index is 11.4. The molecule has 2 atom stereocenters. The minimum atomic E-state index is -0.169. The lowest BCUT2D eigenvalue weighted by Gasteiger charge is -2.37. The molecule has 1 aliphatic heterocycles. The zero-order valence-corrected chi connectivity index (χ0v) is 12.2. The van der Waals surface area contributed by atoms with Crippen molar-refractivity contribution < 1.29 is 14.6 Å². The van der Waals surface area contributed by atoms with Crippen molar-refractivity contribution in [2.24, 2.45) is 5.92 Å². The molecule has 1 fully saturated rings. The first kappa shape index (κ1) is 16.4. The monoisotopic (exact) mass is 272 g/mol. The molecule has 0 amide bonds. The highest BCUT2D eigenvalue weighted by Crippen LogP contribution is 2.22. The number of rotatable bonds is 8. The second-order valence-electron chi connectivity index (χ2n) is 5.39. The van der Waals surface area contributed by atoms with Crippen LogP contribution in [0.25, 0.3) is 0 Å². The van der Waals surface area contributed by atoms with Crippen LogP contribution in [-0.2, 0) is 9.53 Å². The molecule has 1 saturated heterocycles. The molecule has 0 radical (unpaired) electrons. The van der Waals surface area contributed by atoms with Crippen LogP contribution in [0.3, 0.4) is 0 Å². The number of piperidine rings is 1. The summed E-state index contributed by atoms with van der Waals surface area (Å²) in [5, 5.41) is 12.3. The molecular formula is C14H28N2O3. The topological polar surface area (TPSA) is 61.8 Å². The van der Waals surface area contributed by atoms with E-state index < -0.39 is 0 Å². The van der Waals surface area contributed by atoms with Crippen LogP contribution in [0, 0.1) is 5.92 Å². The fraction of sp³-hybridized carbons (Fsp3) is 0.929. The predicted molar refractivity (Wildman–Crippen MR) is 75.0 cm³/mol. The number of hydrogen-bond donors (Lipinski definition) is 2. The summed E-state index contributed by atoms with van der Waals surface area (Å²) in [5.41, 5.74) is 0. The van der Waals surface area contributed by atoms with Crippen molar-refractivity contribution in [1.29, 1.82) is 0 Å². The van der Waals surface area contributed by atoms with E-state index in [1.807, 2.05) is 0 Å². The van der Waals surface area contributed by atoms with Crippen molar-refractivity contribution in [3.05, 3.63) is 0 Å². The molecule has 2 N–H and O–H groups in total. The number of carbonyl (C=O) groups excluding carboxylic acids is 1.